The molecule has 15 aromatic carbocycles. The molecule has 0 radical (unpaired) electrons. The maximum atomic E-state index is 9.75. The van der Waals surface area contributed by atoms with E-state index in [0.29, 0.717) is 22.2 Å². The van der Waals surface area contributed by atoms with Crippen molar-refractivity contribution in [1.29, 1.82) is 0 Å². The average molecular weight is 1520 g/mol. The van der Waals surface area contributed by atoms with Gasteiger partial charge in [-0.1, -0.05) is 321 Å². The molecule has 0 spiro atoms. The first-order valence-electron chi connectivity index (χ1n) is 54.3. The van der Waals surface area contributed by atoms with Crippen molar-refractivity contribution in [2.75, 3.05) is 7.04 Å². The number of para-hydroxylation sites is 6. The second-order valence-corrected chi connectivity index (χ2v) is 27.2. The smallest absolute Gasteiger partial charge is 0.238 e. The number of aromatic nitrogens is 10. The summed E-state index contributed by atoms with van der Waals surface area (Å²) >= 11 is 0. The topological polar surface area (TPSA) is 106 Å². The fourth-order valence-corrected chi connectivity index (χ4v) is 15.2. The van der Waals surface area contributed by atoms with Crippen LogP contribution < -0.4 is 4.74 Å². The van der Waals surface area contributed by atoms with E-state index in [9.17, 15) is 21.9 Å². The Morgan fingerprint density at radius 2 is 0.696 bits per heavy atom. The van der Waals surface area contributed by atoms with Gasteiger partial charge in [0.1, 0.15) is 5.75 Å². The zero-order valence-corrected chi connectivity index (χ0v) is 60.6. The number of hydrogen-bond acceptors (Lipinski definition) is 7. The predicted octanol–water partition coefficient (Wildman–Crippen LogP) is 26.2. The fourth-order valence-electron chi connectivity index (χ4n) is 15.2. The number of fused-ring (bicyclic) bond motifs is 14. The third-order valence-corrected chi connectivity index (χ3v) is 20.5. The summed E-state index contributed by atoms with van der Waals surface area (Å²) < 4.78 is 324. The first-order chi connectivity index (χ1) is 71.3. The molecule has 1 fully saturated rings. The molecule has 6 aromatic heterocycles. The maximum Gasteiger partial charge on any atom is 0.238 e. The normalized spacial score (nSPS) is 17.2. The van der Waals surface area contributed by atoms with E-state index in [2.05, 4.69) is 176 Å². The first kappa shape index (κ1) is 41.0. The molecule has 1 saturated carbocycles. The molecule has 11 heteroatoms. The average Bonchev–Trinajstić information content (AvgIpc) is 1.50. The van der Waals surface area contributed by atoms with E-state index in [4.69, 9.17) is 45.7 Å². The lowest BCUT2D eigenvalue weighted by Gasteiger charge is -2.22. The molecule has 0 N–H and O–H groups in total. The standard InChI is InChI=1S/C53H37N5O.C51H39N5/c1-34-16-18-35(19-17-34)36-20-24-39(25-21-36)51-54-52(40-26-22-37(23-27-40)38-28-30-42(59-2)31-29-38)56-53(55-51)58-48-15-9-7-13-44(48)46-33-32-45-43-12-6-8-14-47(43)57(49(45)50(46)58)41-10-4-3-5-11-41;1-4-14-34(15-5-1)35-24-26-36(27-25-35)37-28-30-39(31-29-37)50-52-49(38-16-6-2-7-17-38)53-51(54-50)56-46-23-13-11-21-42(46)44-33-32-43-41-20-10-12-22-45(41)55(47(43)48(44)56)40-18-8-3-9-19-40/h3-33H,1-2H3;2-3,6-13,16-34H,1,4-5,14-15H2/i2D3,3D,4D,5D,6D,7D,8D,9D,10D,11D,12D,13D,14D,15D,16D,17D,18D,19D,20D,21D,22D,23D,24D,25D,26D,27D,28D,29D,30D,31D,32D,33D;34D. The Hall–Kier alpha value is -14.7. The Morgan fingerprint density at radius 3 is 1.25 bits per heavy atom. The highest BCUT2D eigenvalue weighted by Crippen LogP contribution is 2.45. The molecule has 0 amide bonds. The van der Waals surface area contributed by atoms with Crippen LogP contribution in [0.1, 0.15) is 97.1 Å². The summed E-state index contributed by atoms with van der Waals surface area (Å²) in [6.07, 6.45) is 5.39. The summed E-state index contributed by atoms with van der Waals surface area (Å²) in [5, 5.41) is 2.00. The van der Waals surface area contributed by atoms with E-state index in [1.54, 1.807) is 0 Å². The minimum atomic E-state index is -3.32. The number of rotatable bonds is 13. The Bertz CT molecular complexity index is 9330. The third kappa shape index (κ3) is 12.2. The van der Waals surface area contributed by atoms with Crippen LogP contribution in [0.15, 0.2) is 357 Å². The van der Waals surface area contributed by atoms with Gasteiger partial charge >= 0.3 is 0 Å². The van der Waals surface area contributed by atoms with Gasteiger partial charge in [0.25, 0.3) is 0 Å². The van der Waals surface area contributed by atoms with E-state index in [1.165, 1.54) is 24.1 Å². The third-order valence-electron chi connectivity index (χ3n) is 20.5. The molecule has 6 heterocycles. The van der Waals surface area contributed by atoms with Gasteiger partial charge < -0.3 is 13.9 Å². The molecule has 0 saturated heterocycles. The van der Waals surface area contributed by atoms with Gasteiger partial charge in [-0.3, -0.25) is 9.13 Å². The van der Waals surface area contributed by atoms with Crippen LogP contribution in [0.5, 0.6) is 5.75 Å². The lowest BCUT2D eigenvalue weighted by atomic mass is 9.84. The molecular formula is C104H76N10O. The molecule has 0 bridgehead atoms. The summed E-state index contributed by atoms with van der Waals surface area (Å²) in [5.74, 6) is -2.98. The number of nitrogens with zero attached hydrogens (tertiary/aromatic N) is 10. The fraction of sp³-hybridized carbons (Fsp3) is 0.0769. The van der Waals surface area contributed by atoms with Crippen LogP contribution in [0.3, 0.4) is 0 Å². The molecule has 22 rings (SSSR count). The predicted molar refractivity (Wildman–Crippen MR) is 472 cm³/mol. The van der Waals surface area contributed by atoms with E-state index in [1.807, 2.05) is 18.2 Å². The first-order valence-corrected chi connectivity index (χ1v) is 36.8. The van der Waals surface area contributed by atoms with Crippen molar-refractivity contribution in [2.45, 2.75) is 44.9 Å². The molecule has 11 nitrogen and oxygen atoms in total. The highest BCUT2D eigenvalue weighted by atomic mass is 16.5. The summed E-state index contributed by atoms with van der Waals surface area (Å²) in [7, 11) is -3.32. The Balaban J connectivity index is 0.000000195. The maximum absolute atomic E-state index is 9.75. The van der Waals surface area contributed by atoms with Crippen molar-refractivity contribution < 1.29 is 52.7 Å². The summed E-state index contributed by atoms with van der Waals surface area (Å²) in [6, 6.07) is 28.5. The molecule has 0 unspecified atom stereocenters. The van der Waals surface area contributed by atoms with Crippen molar-refractivity contribution in [3.63, 3.8) is 0 Å². The van der Waals surface area contributed by atoms with Gasteiger partial charge in [0.15, 0.2) is 23.3 Å². The highest BCUT2D eigenvalue weighted by molar-refractivity contribution is 6.25. The lowest BCUT2D eigenvalue weighted by molar-refractivity contribution is 0.415. The van der Waals surface area contributed by atoms with Crippen LogP contribution in [-0.2, 0) is 0 Å². The molecule has 1 aliphatic carbocycles. The van der Waals surface area contributed by atoms with Gasteiger partial charge in [0, 0.05) is 78.1 Å². The largest absolute Gasteiger partial charge is 0.497 e. The van der Waals surface area contributed by atoms with Crippen LogP contribution in [0.25, 0.3) is 189 Å². The second kappa shape index (κ2) is 28.9. The van der Waals surface area contributed by atoms with Crippen LogP contribution >= 0.6 is 0 Å². The van der Waals surface area contributed by atoms with Crippen LogP contribution in [0.2, 0.25) is 0 Å². The number of benzene rings is 15. The second-order valence-electron chi connectivity index (χ2n) is 27.2. The van der Waals surface area contributed by atoms with E-state index in [-0.39, 0.29) is 5.56 Å². The Morgan fingerprint density at radius 1 is 0.296 bits per heavy atom. The molecule has 0 aliphatic heterocycles. The van der Waals surface area contributed by atoms with Gasteiger partial charge in [-0.25, -0.2) is 9.97 Å². The van der Waals surface area contributed by atoms with Crippen molar-refractivity contribution in [1.82, 2.24) is 48.2 Å². The van der Waals surface area contributed by atoms with Gasteiger partial charge in [-0.15, -0.1) is 0 Å². The van der Waals surface area contributed by atoms with Gasteiger partial charge in [0.05, 0.1) is 97.8 Å². The molecule has 115 heavy (non-hydrogen) atoms. The molecule has 21 aromatic rings. The van der Waals surface area contributed by atoms with Gasteiger partial charge in [-0.2, -0.15) is 19.9 Å². The highest BCUT2D eigenvalue weighted by Gasteiger charge is 2.27. The summed E-state index contributed by atoms with van der Waals surface area (Å²) in [6.45, 7) is 1.26. The van der Waals surface area contributed by atoms with Crippen LogP contribution in [-0.4, -0.2) is 55.2 Å². The lowest BCUT2D eigenvalue weighted by Crippen LogP contribution is -2.07. The number of methoxy groups -OCH3 is 1. The monoisotopic (exact) mass is 1520 g/mol. The minimum absolute atomic E-state index is 0.144. The van der Waals surface area contributed by atoms with Crippen LogP contribution in [0, 0.1) is 6.92 Å². The van der Waals surface area contributed by atoms with Crippen molar-refractivity contribution >= 4 is 87.2 Å². The summed E-state index contributed by atoms with van der Waals surface area (Å²) in [4.78, 5) is 29.2. The number of ether oxygens (including phenoxy) is 1. The van der Waals surface area contributed by atoms with Crippen molar-refractivity contribution in [2.24, 2.45) is 0 Å². The van der Waals surface area contributed by atoms with E-state index >= 15 is 0 Å². The van der Waals surface area contributed by atoms with E-state index < -0.39 is 306 Å². The van der Waals surface area contributed by atoms with E-state index in [0.717, 1.165) is 96.6 Å². The SMILES string of the molecule is [2H]C1(c2ccc(-c3ccc(-c4nc(-c5ccccc5)nc(-n5c6ccccc6c6ccc7c8ccccc8n(-c8ccccc8)c7c65)n4)cc3)cc2)CCCCC1.[2H]c1c([2H])c([2H])c(-n2c3c([2H])c([2H])c([2H])c([2H])c3c3c([2H])c([2H])c4c5c([2H])c([2H])c([2H])c([2H])c5n(-c5nc(-c6c([2H])c([2H])c(-c7c([2H])c([2H])c(C)c([2H])c7[2H])c([2H])c6[2H])nc(-c6c([2H])c([2H])c(-c7c([2H])c([2H])c(OC([2H])([2H])[2H])c([2H])c7[2H])c([2H])c6[2H])n5)c4c32)c([2H])c1[2H]. The Kier molecular flexibility index (Phi) is 10.3. The van der Waals surface area contributed by atoms with Crippen molar-refractivity contribution in [3.8, 4) is 108 Å². The zero-order valence-electron chi connectivity index (χ0n) is 95.6. The molecular weight excluding hydrogens is 1410 g/mol. The van der Waals surface area contributed by atoms with Gasteiger partial charge in [0.2, 0.25) is 11.9 Å². The minimum Gasteiger partial charge on any atom is -0.497 e. The molecule has 0 atom stereocenters. The zero-order chi connectivity index (χ0) is 107. The number of hydrogen-bond donors (Lipinski definition) is 0. The van der Waals surface area contributed by atoms with Crippen molar-refractivity contribution in [3.05, 3.63) is 368 Å². The van der Waals surface area contributed by atoms with Crippen LogP contribution in [0.4, 0.5) is 0 Å². The quantitative estimate of drug-likeness (QED) is 0.113. The molecule has 548 valence electrons. The van der Waals surface area contributed by atoms with Gasteiger partial charge in [-0.05, 0) is 125 Å². The Labute approximate surface area is 714 Å². The molecule has 1 aliphatic rings. The summed E-state index contributed by atoms with van der Waals surface area (Å²) in [5.41, 5.74) is 1.38.